The number of nitrogens with one attached hydrogen (secondary N) is 9. The summed E-state index contributed by atoms with van der Waals surface area (Å²) in [4.78, 5) is 46.9. The SMILES string of the molecule is O=C(CCCC[C@@H]1SC[C@@H]2NC(=O)N[C@@H]21)NNCCCNCCCNNC(=O)CCCC[C@@H]1SC[C@@H]2NC(=O)N[C@@H]21. The Kier molecular flexibility index (Phi) is 13.5. The molecule has 0 aromatic carbocycles. The highest BCUT2D eigenvalue weighted by molar-refractivity contribution is 8.00. The molecule has 0 spiro atoms. The third-order valence-electron chi connectivity index (χ3n) is 7.93. The number of thioether (sulfide) groups is 2. The van der Waals surface area contributed by atoms with Gasteiger partial charge in [0.05, 0.1) is 24.2 Å². The van der Waals surface area contributed by atoms with Crippen molar-refractivity contribution in [2.45, 2.75) is 98.9 Å². The van der Waals surface area contributed by atoms with Gasteiger partial charge < -0.3 is 26.6 Å². The van der Waals surface area contributed by atoms with Crippen LogP contribution in [0.3, 0.4) is 0 Å². The molecule has 15 heteroatoms. The minimum Gasteiger partial charge on any atom is -0.332 e. The summed E-state index contributed by atoms with van der Waals surface area (Å²) in [5.41, 5.74) is 11.5. The van der Waals surface area contributed by atoms with E-state index < -0.39 is 0 Å². The molecule has 9 N–H and O–H groups in total. The van der Waals surface area contributed by atoms with E-state index >= 15 is 0 Å². The van der Waals surface area contributed by atoms with Gasteiger partial charge in [0.1, 0.15) is 0 Å². The van der Waals surface area contributed by atoms with Gasteiger partial charge in [-0.05, 0) is 51.6 Å². The number of carbonyl (C=O) groups is 4. The zero-order valence-corrected chi connectivity index (χ0v) is 25.4. The average molecular weight is 614 g/mol. The van der Waals surface area contributed by atoms with E-state index in [0.29, 0.717) is 36.4 Å². The van der Waals surface area contributed by atoms with E-state index in [1.807, 2.05) is 23.5 Å². The summed E-state index contributed by atoms with van der Waals surface area (Å²) >= 11 is 3.81. The molecule has 0 aliphatic carbocycles. The second-order valence-corrected chi connectivity index (χ2v) is 13.7. The Morgan fingerprint density at radius 1 is 0.634 bits per heavy atom. The Morgan fingerprint density at radius 3 is 1.56 bits per heavy atom. The van der Waals surface area contributed by atoms with Crippen LogP contribution < -0.4 is 48.3 Å². The first-order chi connectivity index (χ1) is 20.0. The van der Waals surface area contributed by atoms with Crippen molar-refractivity contribution in [2.75, 3.05) is 37.7 Å². The monoisotopic (exact) mass is 613 g/mol. The Hall–Kier alpha value is -1.94. The molecule has 232 valence electrons. The van der Waals surface area contributed by atoms with Gasteiger partial charge >= 0.3 is 12.1 Å². The topological polar surface area (TPSA) is 177 Å². The molecule has 4 aliphatic rings. The Bertz CT molecular complexity index is 818. The van der Waals surface area contributed by atoms with Gasteiger partial charge in [-0.3, -0.25) is 20.4 Å². The predicted molar refractivity (Wildman–Crippen MR) is 162 cm³/mol. The predicted octanol–water partition coefficient (Wildman–Crippen LogP) is 0.0494. The Labute approximate surface area is 251 Å². The number of hydrazine groups is 2. The smallest absolute Gasteiger partial charge is 0.315 e. The zero-order chi connectivity index (χ0) is 28.9. The highest BCUT2D eigenvalue weighted by atomic mass is 32.2. The number of hydrogen-bond acceptors (Lipinski definition) is 9. The summed E-state index contributed by atoms with van der Waals surface area (Å²) in [6, 6.07) is 0.852. The number of carbonyl (C=O) groups excluding carboxylic acids is 4. The fourth-order valence-corrected chi connectivity index (χ4v) is 8.81. The van der Waals surface area contributed by atoms with Crippen molar-refractivity contribution < 1.29 is 19.2 Å². The molecular formula is C26H47N9O4S2. The molecule has 4 fully saturated rings. The summed E-state index contributed by atoms with van der Waals surface area (Å²) in [6.45, 7) is 3.10. The van der Waals surface area contributed by atoms with E-state index in [1.165, 1.54) is 0 Å². The second-order valence-electron chi connectivity index (χ2n) is 11.1. The van der Waals surface area contributed by atoms with Crippen LogP contribution in [-0.4, -0.2) is 96.2 Å². The molecule has 0 bridgehead atoms. The third kappa shape index (κ3) is 10.7. The number of rotatable bonds is 20. The van der Waals surface area contributed by atoms with E-state index in [1.54, 1.807) is 0 Å². The lowest BCUT2D eigenvalue weighted by atomic mass is 10.0. The van der Waals surface area contributed by atoms with Crippen molar-refractivity contribution >= 4 is 47.4 Å². The first-order valence-electron chi connectivity index (χ1n) is 15.1. The number of hydrogen-bond donors (Lipinski definition) is 9. The van der Waals surface area contributed by atoms with Gasteiger partial charge in [-0.1, -0.05) is 12.8 Å². The largest absolute Gasteiger partial charge is 0.332 e. The third-order valence-corrected chi connectivity index (χ3v) is 10.9. The molecule has 0 aromatic heterocycles. The van der Waals surface area contributed by atoms with Gasteiger partial charge in [0.25, 0.3) is 0 Å². The van der Waals surface area contributed by atoms with Gasteiger partial charge in [-0.25, -0.2) is 20.4 Å². The fraction of sp³-hybridized carbons (Fsp3) is 0.846. The lowest BCUT2D eigenvalue weighted by molar-refractivity contribution is -0.123. The summed E-state index contributed by atoms with van der Waals surface area (Å²) in [5.74, 6) is 1.96. The summed E-state index contributed by atoms with van der Waals surface area (Å²) in [5, 5.41) is 16.2. The molecule has 4 aliphatic heterocycles. The van der Waals surface area contributed by atoms with Crippen LogP contribution in [-0.2, 0) is 9.59 Å². The highest BCUT2D eigenvalue weighted by Gasteiger charge is 2.43. The van der Waals surface area contributed by atoms with E-state index in [9.17, 15) is 19.2 Å². The highest BCUT2D eigenvalue weighted by Crippen LogP contribution is 2.34. The van der Waals surface area contributed by atoms with Crippen LogP contribution in [0.4, 0.5) is 9.59 Å². The zero-order valence-electron chi connectivity index (χ0n) is 23.7. The molecule has 6 atom stereocenters. The minimum absolute atomic E-state index is 0.0152. The normalized spacial score (nSPS) is 27.9. The van der Waals surface area contributed by atoms with E-state index in [0.717, 1.165) is 76.0 Å². The van der Waals surface area contributed by atoms with Crippen molar-refractivity contribution in [2.24, 2.45) is 0 Å². The summed E-state index contributed by atoms with van der Waals surface area (Å²) in [7, 11) is 0. The molecule has 0 unspecified atom stereocenters. The van der Waals surface area contributed by atoms with Gasteiger partial charge in [-0.15, -0.1) is 0 Å². The Balaban J connectivity index is 0.857. The first-order valence-corrected chi connectivity index (χ1v) is 17.2. The molecule has 0 radical (unpaired) electrons. The van der Waals surface area contributed by atoms with Crippen LogP contribution in [0.1, 0.15) is 64.2 Å². The maximum absolute atomic E-state index is 12.0. The van der Waals surface area contributed by atoms with Gasteiger partial charge in [0.2, 0.25) is 11.8 Å². The van der Waals surface area contributed by atoms with E-state index in [2.05, 4.69) is 48.3 Å². The van der Waals surface area contributed by atoms with Gasteiger partial charge in [-0.2, -0.15) is 23.5 Å². The van der Waals surface area contributed by atoms with Gasteiger partial charge in [0, 0.05) is 47.9 Å². The Morgan fingerprint density at radius 2 is 1.10 bits per heavy atom. The van der Waals surface area contributed by atoms with Crippen LogP contribution in [0.2, 0.25) is 0 Å². The molecule has 0 aromatic rings. The first kappa shape index (κ1) is 32.0. The fourth-order valence-electron chi connectivity index (χ4n) is 5.72. The van der Waals surface area contributed by atoms with Gasteiger partial charge in [0.15, 0.2) is 0 Å². The lowest BCUT2D eigenvalue weighted by Gasteiger charge is -2.16. The molecule has 41 heavy (non-hydrogen) atoms. The van der Waals surface area contributed by atoms with Crippen molar-refractivity contribution in [3.8, 4) is 0 Å². The lowest BCUT2D eigenvalue weighted by Crippen LogP contribution is -2.39. The number of amides is 6. The quantitative estimate of drug-likeness (QED) is 0.0522. The van der Waals surface area contributed by atoms with Crippen molar-refractivity contribution in [1.29, 1.82) is 0 Å². The van der Waals surface area contributed by atoms with E-state index in [-0.39, 0.29) is 48.0 Å². The molecule has 4 heterocycles. The molecule has 0 saturated carbocycles. The standard InChI is InChI=1S/C26H47N9O4S2/c36-21(9-3-1-7-19-23-17(15-40-19)30-25(38)32-23)34-28-13-5-11-27-12-6-14-29-35-22(37)10-4-2-8-20-24-18(16-41-20)31-26(39)33-24/h17-20,23-24,27-29H,1-16H2,(H,34,36)(H,35,37)(H2,30,32,38)(H2,31,33,39)/t17-,18-,19-,20-,23-,24-/m0/s1. The maximum atomic E-state index is 12.0. The molecule has 4 saturated heterocycles. The average Bonchev–Trinajstić information content (AvgIpc) is 3.70. The molecule has 13 nitrogen and oxygen atoms in total. The summed E-state index contributed by atoms with van der Waals surface area (Å²) in [6.07, 6.45) is 8.50. The van der Waals surface area contributed by atoms with Crippen LogP contribution in [0.25, 0.3) is 0 Å². The van der Waals surface area contributed by atoms with Crippen LogP contribution in [0.5, 0.6) is 0 Å². The number of unbranched alkanes of at least 4 members (excludes halogenated alkanes) is 2. The molecule has 4 rings (SSSR count). The molecular weight excluding hydrogens is 566 g/mol. The summed E-state index contributed by atoms with van der Waals surface area (Å²) < 4.78 is 0. The number of urea groups is 2. The van der Waals surface area contributed by atoms with Crippen LogP contribution >= 0.6 is 23.5 Å². The van der Waals surface area contributed by atoms with Crippen molar-refractivity contribution in [3.05, 3.63) is 0 Å². The van der Waals surface area contributed by atoms with Crippen LogP contribution in [0, 0.1) is 0 Å². The maximum Gasteiger partial charge on any atom is 0.315 e. The van der Waals surface area contributed by atoms with E-state index in [4.69, 9.17) is 0 Å². The number of fused-ring (bicyclic) bond motifs is 2. The van der Waals surface area contributed by atoms with Crippen molar-refractivity contribution in [1.82, 2.24) is 48.3 Å². The van der Waals surface area contributed by atoms with Crippen LogP contribution in [0.15, 0.2) is 0 Å². The molecule has 6 amide bonds. The van der Waals surface area contributed by atoms with Crippen molar-refractivity contribution in [3.63, 3.8) is 0 Å². The minimum atomic E-state index is -0.0557. The second kappa shape index (κ2) is 17.2.